The Morgan fingerprint density at radius 3 is 2.41 bits per heavy atom. The van der Waals surface area contributed by atoms with E-state index in [0.29, 0.717) is 24.4 Å². The van der Waals surface area contributed by atoms with Crippen LogP contribution in [0.2, 0.25) is 0 Å². The molecule has 0 aromatic heterocycles. The lowest BCUT2D eigenvalue weighted by atomic mass is 9.77. The van der Waals surface area contributed by atoms with Gasteiger partial charge in [-0.1, -0.05) is 25.1 Å². The number of hydrogen-bond donors (Lipinski definition) is 3. The highest BCUT2D eigenvalue weighted by Gasteiger charge is 2.52. The van der Waals surface area contributed by atoms with Crippen LogP contribution in [0.4, 0.5) is 10.5 Å². The van der Waals surface area contributed by atoms with E-state index in [2.05, 4.69) is 22.9 Å². The van der Waals surface area contributed by atoms with Crippen molar-refractivity contribution >= 4 is 35.4 Å². The maximum atomic E-state index is 12.8. The zero-order valence-electron chi connectivity index (χ0n) is 20.0. The summed E-state index contributed by atoms with van der Waals surface area (Å²) < 4.78 is 5.10. The number of para-hydroxylation sites is 1. The normalized spacial score (nSPS) is 22.8. The predicted octanol–water partition coefficient (Wildman–Crippen LogP) is 1.79. The molecule has 1 unspecified atom stereocenters. The van der Waals surface area contributed by atoms with Crippen LogP contribution in [0.5, 0.6) is 0 Å². The van der Waals surface area contributed by atoms with E-state index < -0.39 is 47.9 Å². The van der Waals surface area contributed by atoms with Gasteiger partial charge in [0.05, 0.1) is 6.54 Å². The smallest absolute Gasteiger partial charge is 0.327 e. The molecule has 10 nitrogen and oxygen atoms in total. The zero-order valence-corrected chi connectivity index (χ0v) is 20.0. The topological polar surface area (TPSA) is 134 Å². The lowest BCUT2D eigenvalue weighted by Gasteiger charge is -2.33. The van der Waals surface area contributed by atoms with Crippen LogP contribution in [0.1, 0.15) is 50.7 Å². The van der Waals surface area contributed by atoms with Gasteiger partial charge in [0.25, 0.3) is 11.8 Å². The number of nitrogens with zero attached hydrogens (tertiary/aromatic N) is 1. The fourth-order valence-corrected chi connectivity index (χ4v) is 4.34. The number of carbonyl (C=O) groups is 5. The average molecular weight is 473 g/mol. The van der Waals surface area contributed by atoms with Gasteiger partial charge in [0.15, 0.2) is 6.10 Å². The average Bonchev–Trinajstić information content (AvgIpc) is 3.00. The Kier molecular flexibility index (Phi) is 7.58. The second kappa shape index (κ2) is 10.2. The Hall–Kier alpha value is -3.43. The third-order valence-electron chi connectivity index (χ3n) is 6.51. The number of carbonyl (C=O) groups excluding carboxylic acids is 5. The summed E-state index contributed by atoms with van der Waals surface area (Å²) in [6.07, 6.45) is 1.50. The molecule has 3 N–H and O–H groups in total. The van der Waals surface area contributed by atoms with Crippen LogP contribution >= 0.6 is 0 Å². The van der Waals surface area contributed by atoms with E-state index in [1.807, 2.05) is 32.0 Å². The van der Waals surface area contributed by atoms with Crippen LogP contribution in [0.25, 0.3) is 0 Å². The first-order valence-corrected chi connectivity index (χ1v) is 11.5. The summed E-state index contributed by atoms with van der Waals surface area (Å²) in [6, 6.07) is 4.99. The molecule has 1 aromatic carbocycles. The van der Waals surface area contributed by atoms with Crippen LogP contribution in [0.3, 0.4) is 0 Å². The minimum atomic E-state index is -1.20. The molecule has 1 aliphatic carbocycles. The summed E-state index contributed by atoms with van der Waals surface area (Å²) in [4.78, 5) is 62.8. The van der Waals surface area contributed by atoms with E-state index in [1.165, 1.54) is 6.92 Å². The summed E-state index contributed by atoms with van der Waals surface area (Å²) in [5.41, 5.74) is 1.52. The first-order chi connectivity index (χ1) is 16.0. The van der Waals surface area contributed by atoms with E-state index in [4.69, 9.17) is 4.74 Å². The first kappa shape index (κ1) is 25.2. The van der Waals surface area contributed by atoms with Crippen molar-refractivity contribution < 1.29 is 28.7 Å². The van der Waals surface area contributed by atoms with Crippen molar-refractivity contribution in [2.75, 3.05) is 18.4 Å². The van der Waals surface area contributed by atoms with Gasteiger partial charge >= 0.3 is 12.0 Å². The third-order valence-corrected chi connectivity index (χ3v) is 6.51. The number of aryl methyl sites for hydroxylation is 2. The van der Waals surface area contributed by atoms with Gasteiger partial charge < -0.3 is 20.7 Å². The zero-order chi connectivity index (χ0) is 25.0. The van der Waals surface area contributed by atoms with E-state index in [1.54, 1.807) is 0 Å². The summed E-state index contributed by atoms with van der Waals surface area (Å²) in [7, 11) is 0. The molecule has 1 aromatic rings. The van der Waals surface area contributed by atoms with Gasteiger partial charge in [0, 0.05) is 5.69 Å². The van der Waals surface area contributed by atoms with Crippen LogP contribution in [-0.4, -0.2) is 59.4 Å². The maximum Gasteiger partial charge on any atom is 0.327 e. The number of esters is 1. The molecule has 1 heterocycles. The van der Waals surface area contributed by atoms with Gasteiger partial charge in [0.1, 0.15) is 12.1 Å². The molecule has 1 atom stereocenters. The van der Waals surface area contributed by atoms with Gasteiger partial charge in [0.2, 0.25) is 5.91 Å². The summed E-state index contributed by atoms with van der Waals surface area (Å²) in [5, 5.41) is 7.91. The Morgan fingerprint density at radius 1 is 1.18 bits per heavy atom. The number of hydrogen-bond acceptors (Lipinski definition) is 6. The van der Waals surface area contributed by atoms with Gasteiger partial charge in [-0.05, 0) is 63.5 Å². The molecule has 0 bridgehead atoms. The van der Waals surface area contributed by atoms with Crippen LogP contribution in [-0.2, 0) is 23.9 Å². The molecule has 0 radical (unpaired) electrons. The van der Waals surface area contributed by atoms with Gasteiger partial charge in [-0.3, -0.25) is 24.1 Å². The Labute approximate surface area is 198 Å². The molecule has 1 spiro atoms. The van der Waals surface area contributed by atoms with Gasteiger partial charge in [-0.15, -0.1) is 0 Å². The number of ether oxygens (including phenoxy) is 1. The van der Waals surface area contributed by atoms with Gasteiger partial charge in [-0.2, -0.15) is 0 Å². The number of imide groups is 1. The number of benzene rings is 1. The lowest BCUT2D eigenvalue weighted by Crippen LogP contribution is -2.49. The molecule has 1 saturated carbocycles. The van der Waals surface area contributed by atoms with E-state index in [-0.39, 0.29) is 6.54 Å². The summed E-state index contributed by atoms with van der Waals surface area (Å²) in [6.45, 7) is 6.31. The first-order valence-electron chi connectivity index (χ1n) is 11.5. The van der Waals surface area contributed by atoms with Crippen molar-refractivity contribution in [1.82, 2.24) is 15.5 Å². The molecule has 10 heteroatoms. The standard InChI is InChI=1S/C24H32N4O6/c1-14-8-10-24(11-9-14)22(32)28(23(33)27-24)13-19(30)34-17(4)21(31)25-12-18(29)26-20-15(2)6-5-7-16(20)3/h5-7,14,17H,8-13H2,1-4H3,(H,25,31)(H,26,29)(H,27,33). The Balaban J connectivity index is 1.46. The number of amides is 5. The largest absolute Gasteiger partial charge is 0.451 e. The van der Waals surface area contributed by atoms with E-state index in [9.17, 15) is 24.0 Å². The fraction of sp³-hybridized carbons (Fsp3) is 0.542. The minimum Gasteiger partial charge on any atom is -0.451 e. The van der Waals surface area contributed by atoms with Gasteiger partial charge in [-0.25, -0.2) is 4.79 Å². The summed E-state index contributed by atoms with van der Waals surface area (Å²) >= 11 is 0. The van der Waals surface area contributed by atoms with Crippen molar-refractivity contribution in [2.24, 2.45) is 5.92 Å². The Bertz CT molecular complexity index is 979. The molecule has 5 amide bonds. The van der Waals surface area contributed by atoms with Crippen LogP contribution in [0.15, 0.2) is 18.2 Å². The number of rotatable bonds is 7. The van der Waals surface area contributed by atoms with Crippen molar-refractivity contribution in [1.29, 1.82) is 0 Å². The lowest BCUT2D eigenvalue weighted by molar-refractivity contribution is -0.156. The molecule has 1 aliphatic heterocycles. The fourth-order valence-electron chi connectivity index (χ4n) is 4.34. The highest BCUT2D eigenvalue weighted by atomic mass is 16.5. The second-order valence-corrected chi connectivity index (χ2v) is 9.25. The monoisotopic (exact) mass is 472 g/mol. The Morgan fingerprint density at radius 2 is 1.79 bits per heavy atom. The maximum absolute atomic E-state index is 12.8. The van der Waals surface area contributed by atoms with Crippen molar-refractivity contribution in [3.63, 3.8) is 0 Å². The molecule has 34 heavy (non-hydrogen) atoms. The van der Waals surface area contributed by atoms with E-state index in [0.717, 1.165) is 28.9 Å². The second-order valence-electron chi connectivity index (χ2n) is 9.25. The molecular formula is C24H32N4O6. The SMILES string of the molecule is Cc1cccc(C)c1NC(=O)CNC(=O)C(C)OC(=O)CN1C(=O)NC2(CCC(C)CC2)C1=O. The summed E-state index contributed by atoms with van der Waals surface area (Å²) in [5.74, 6) is -1.92. The van der Waals surface area contributed by atoms with Crippen molar-refractivity contribution in [3.8, 4) is 0 Å². The number of nitrogens with one attached hydrogen (secondary N) is 3. The predicted molar refractivity (Wildman–Crippen MR) is 124 cm³/mol. The number of anilines is 1. The number of urea groups is 1. The minimum absolute atomic E-state index is 0.303. The van der Waals surface area contributed by atoms with Crippen LogP contribution < -0.4 is 16.0 Å². The molecule has 3 rings (SSSR count). The van der Waals surface area contributed by atoms with Crippen molar-refractivity contribution in [2.45, 2.75) is 65.0 Å². The molecule has 2 fully saturated rings. The van der Waals surface area contributed by atoms with Crippen LogP contribution in [0, 0.1) is 19.8 Å². The molecule has 1 saturated heterocycles. The molecular weight excluding hydrogens is 440 g/mol. The van der Waals surface area contributed by atoms with E-state index >= 15 is 0 Å². The van der Waals surface area contributed by atoms with Crippen molar-refractivity contribution in [3.05, 3.63) is 29.3 Å². The third kappa shape index (κ3) is 5.55. The highest BCUT2D eigenvalue weighted by Crippen LogP contribution is 2.36. The molecule has 184 valence electrons. The highest BCUT2D eigenvalue weighted by molar-refractivity contribution is 6.08. The quantitative estimate of drug-likeness (QED) is 0.409. The molecule has 2 aliphatic rings.